The Hall–Kier alpha value is -2.51. The maximum Gasteiger partial charge on any atom is 0.260 e. The van der Waals surface area contributed by atoms with Crippen LogP contribution in [0.4, 0.5) is 5.82 Å². The highest BCUT2D eigenvalue weighted by molar-refractivity contribution is 6.35. The number of pyridine rings is 1. The summed E-state index contributed by atoms with van der Waals surface area (Å²) < 4.78 is 5.77. The number of hydrogen-bond acceptors (Lipinski definition) is 5. The first-order chi connectivity index (χ1) is 16.4. The number of carbonyl (C=O) groups is 2. The van der Waals surface area contributed by atoms with Crippen LogP contribution in [0.2, 0.25) is 10.0 Å². The Balaban J connectivity index is 1.17. The van der Waals surface area contributed by atoms with Crippen LogP contribution in [0.1, 0.15) is 55.8 Å². The molecule has 180 valence electrons. The molecule has 2 amide bonds. The van der Waals surface area contributed by atoms with Crippen LogP contribution in [0.25, 0.3) is 0 Å². The number of amides is 2. The molecule has 3 aliphatic rings. The Morgan fingerprint density at radius 2 is 1.76 bits per heavy atom. The second-order valence-corrected chi connectivity index (χ2v) is 10.3. The molecule has 3 heterocycles. The van der Waals surface area contributed by atoms with E-state index in [0.29, 0.717) is 39.5 Å². The average molecular weight is 503 g/mol. The summed E-state index contributed by atoms with van der Waals surface area (Å²) >= 11 is 12.1. The Morgan fingerprint density at radius 3 is 2.38 bits per heavy atom. The van der Waals surface area contributed by atoms with Crippen LogP contribution in [0.15, 0.2) is 36.5 Å². The van der Waals surface area contributed by atoms with Crippen molar-refractivity contribution in [2.75, 3.05) is 4.90 Å². The molecule has 0 radical (unpaired) electrons. The van der Waals surface area contributed by atoms with Crippen molar-refractivity contribution < 1.29 is 14.3 Å². The van der Waals surface area contributed by atoms with Crippen molar-refractivity contribution in [2.24, 2.45) is 0 Å². The lowest BCUT2D eigenvalue weighted by Gasteiger charge is -2.40. The Morgan fingerprint density at radius 1 is 1.03 bits per heavy atom. The van der Waals surface area contributed by atoms with Gasteiger partial charge >= 0.3 is 0 Å². The molecule has 34 heavy (non-hydrogen) atoms. The molecule has 0 spiro atoms. The molecule has 3 fully saturated rings. The van der Waals surface area contributed by atoms with Gasteiger partial charge in [0.05, 0.1) is 10.6 Å². The van der Waals surface area contributed by atoms with E-state index in [2.05, 4.69) is 20.5 Å². The normalized spacial score (nSPS) is 24.4. The average Bonchev–Trinajstić information content (AvgIpc) is 3.58. The predicted octanol–water partition coefficient (Wildman–Crippen LogP) is 4.36. The largest absolute Gasteiger partial charge is 0.479 e. The number of nitrogens with one attached hydrogen (secondary N) is 2. The zero-order chi connectivity index (χ0) is 23.8. The van der Waals surface area contributed by atoms with Crippen molar-refractivity contribution in [1.29, 1.82) is 0 Å². The Kier molecular flexibility index (Phi) is 6.58. The number of fused-ring (bicyclic) bond motifs is 2. The van der Waals surface area contributed by atoms with E-state index in [1.165, 1.54) is 0 Å². The quantitative estimate of drug-likeness (QED) is 0.587. The van der Waals surface area contributed by atoms with Gasteiger partial charge in [-0.1, -0.05) is 23.2 Å². The van der Waals surface area contributed by atoms with Crippen LogP contribution in [-0.4, -0.2) is 47.1 Å². The Bertz CT molecular complexity index is 1060. The molecule has 1 saturated carbocycles. The van der Waals surface area contributed by atoms with E-state index < -0.39 is 6.10 Å². The summed E-state index contributed by atoms with van der Waals surface area (Å²) in [5.74, 6) is 1.12. The van der Waals surface area contributed by atoms with Gasteiger partial charge in [0, 0.05) is 35.4 Å². The van der Waals surface area contributed by atoms with E-state index in [1.54, 1.807) is 31.3 Å². The summed E-state index contributed by atoms with van der Waals surface area (Å²) in [6.07, 6.45) is 6.94. The number of ether oxygens (including phenoxy) is 1. The first kappa shape index (κ1) is 23.2. The molecule has 5 rings (SSSR count). The molecule has 7 nitrogen and oxygen atoms in total. The zero-order valence-corrected chi connectivity index (χ0v) is 20.5. The third-order valence-corrected chi connectivity index (χ3v) is 7.36. The van der Waals surface area contributed by atoms with Crippen molar-refractivity contribution >= 4 is 40.8 Å². The predicted molar refractivity (Wildman–Crippen MR) is 132 cm³/mol. The number of aromatic nitrogens is 1. The van der Waals surface area contributed by atoms with Crippen LogP contribution >= 0.6 is 23.2 Å². The number of carbonyl (C=O) groups excluding carboxylic acids is 2. The van der Waals surface area contributed by atoms with Gasteiger partial charge in [-0.25, -0.2) is 4.98 Å². The van der Waals surface area contributed by atoms with E-state index in [9.17, 15) is 9.59 Å². The minimum atomic E-state index is -0.676. The molecule has 2 aromatic rings. The number of hydrogen-bond donors (Lipinski definition) is 2. The summed E-state index contributed by atoms with van der Waals surface area (Å²) in [7, 11) is 0. The van der Waals surface area contributed by atoms with Gasteiger partial charge in [-0.3, -0.25) is 9.59 Å². The molecule has 2 bridgehead atoms. The lowest BCUT2D eigenvalue weighted by atomic mass is 9.97. The fourth-order valence-electron chi connectivity index (χ4n) is 4.97. The third-order valence-electron chi connectivity index (χ3n) is 6.83. The van der Waals surface area contributed by atoms with Crippen LogP contribution < -0.4 is 20.3 Å². The minimum Gasteiger partial charge on any atom is -0.479 e. The molecular weight excluding hydrogens is 475 g/mol. The standard InChI is InChI=1S/C25H28Cl2N4O3/c1-14(34-22-8-3-16(26)10-21(22)27)24(32)30-18-11-19-6-7-20(12-18)31(19)23-9-2-15(13-28-23)25(33)29-17-4-5-17/h2-3,8-10,13-14,17-20H,4-7,11-12H2,1H3,(H,29,33)(H,30,32). The van der Waals surface area contributed by atoms with Gasteiger partial charge in [-0.05, 0) is 75.8 Å². The molecule has 9 heteroatoms. The number of anilines is 1. The van der Waals surface area contributed by atoms with Crippen molar-refractivity contribution in [3.63, 3.8) is 0 Å². The molecule has 1 aromatic heterocycles. The SMILES string of the molecule is CC(Oc1ccc(Cl)cc1Cl)C(=O)NC1CC2CCC(C1)N2c1ccc(C(=O)NC2CC2)cn1. The Labute approximate surface area is 209 Å². The van der Waals surface area contributed by atoms with E-state index in [1.807, 2.05) is 12.1 Å². The van der Waals surface area contributed by atoms with Crippen LogP contribution in [0.3, 0.4) is 0 Å². The van der Waals surface area contributed by atoms with E-state index >= 15 is 0 Å². The summed E-state index contributed by atoms with van der Waals surface area (Å²) in [5, 5.41) is 7.05. The van der Waals surface area contributed by atoms with E-state index in [4.69, 9.17) is 27.9 Å². The van der Waals surface area contributed by atoms with Gasteiger partial charge in [0.1, 0.15) is 11.6 Å². The van der Waals surface area contributed by atoms with Crippen LogP contribution in [0, 0.1) is 0 Å². The number of nitrogens with zero attached hydrogens (tertiary/aromatic N) is 2. The molecular formula is C25H28Cl2N4O3. The van der Waals surface area contributed by atoms with E-state index in [-0.39, 0.29) is 17.9 Å². The maximum atomic E-state index is 12.8. The molecule has 2 saturated heterocycles. The van der Waals surface area contributed by atoms with Crippen molar-refractivity contribution in [3.8, 4) is 5.75 Å². The lowest BCUT2D eigenvalue weighted by molar-refractivity contribution is -0.128. The molecule has 3 unspecified atom stereocenters. The number of halogens is 2. The highest BCUT2D eigenvalue weighted by atomic mass is 35.5. The molecule has 3 atom stereocenters. The second kappa shape index (κ2) is 9.62. The van der Waals surface area contributed by atoms with Crippen LogP contribution in [0.5, 0.6) is 5.75 Å². The summed E-state index contributed by atoms with van der Waals surface area (Å²) in [4.78, 5) is 32.0. The fourth-order valence-corrected chi connectivity index (χ4v) is 5.42. The number of rotatable bonds is 7. The zero-order valence-electron chi connectivity index (χ0n) is 19.0. The smallest absolute Gasteiger partial charge is 0.260 e. The van der Waals surface area contributed by atoms with Gasteiger partial charge < -0.3 is 20.3 Å². The summed E-state index contributed by atoms with van der Waals surface area (Å²) in [5.41, 5.74) is 0.597. The highest BCUT2D eigenvalue weighted by Gasteiger charge is 2.42. The molecule has 2 N–H and O–H groups in total. The minimum absolute atomic E-state index is 0.0535. The molecule has 1 aliphatic carbocycles. The summed E-state index contributed by atoms with van der Waals surface area (Å²) in [6, 6.07) is 9.77. The lowest BCUT2D eigenvalue weighted by Crippen LogP contribution is -2.52. The topological polar surface area (TPSA) is 83.6 Å². The van der Waals surface area contributed by atoms with Crippen LogP contribution in [-0.2, 0) is 4.79 Å². The van der Waals surface area contributed by atoms with Gasteiger partial charge in [0.2, 0.25) is 0 Å². The number of piperidine rings is 1. The maximum absolute atomic E-state index is 12.8. The third kappa shape index (κ3) is 5.10. The van der Waals surface area contributed by atoms with Gasteiger partial charge in [-0.2, -0.15) is 0 Å². The molecule has 1 aromatic carbocycles. The van der Waals surface area contributed by atoms with Gasteiger partial charge in [0.25, 0.3) is 11.8 Å². The molecule has 2 aliphatic heterocycles. The number of benzene rings is 1. The monoisotopic (exact) mass is 502 g/mol. The van der Waals surface area contributed by atoms with Crippen molar-refractivity contribution in [1.82, 2.24) is 15.6 Å². The second-order valence-electron chi connectivity index (χ2n) is 9.46. The first-order valence-corrected chi connectivity index (χ1v) is 12.6. The van der Waals surface area contributed by atoms with Crippen molar-refractivity contribution in [3.05, 3.63) is 52.1 Å². The highest BCUT2D eigenvalue weighted by Crippen LogP contribution is 2.38. The summed E-state index contributed by atoms with van der Waals surface area (Å²) in [6.45, 7) is 1.72. The van der Waals surface area contributed by atoms with Gasteiger partial charge in [-0.15, -0.1) is 0 Å². The van der Waals surface area contributed by atoms with E-state index in [0.717, 1.165) is 44.3 Å². The van der Waals surface area contributed by atoms with Gasteiger partial charge in [0.15, 0.2) is 6.10 Å². The van der Waals surface area contributed by atoms with Crippen molar-refractivity contribution in [2.45, 2.75) is 75.7 Å². The first-order valence-electron chi connectivity index (χ1n) is 11.8. The fraction of sp³-hybridized carbons (Fsp3) is 0.480.